The number of rotatable bonds is 4. The number of hydrogen-bond donors (Lipinski definition) is 3. The molecule has 1 heterocycles. The van der Waals surface area contributed by atoms with Crippen molar-refractivity contribution in [2.45, 2.75) is 13.8 Å². The molecule has 2 amide bonds. The van der Waals surface area contributed by atoms with Crippen LogP contribution in [0.25, 0.3) is 0 Å². The van der Waals surface area contributed by atoms with Crippen LogP contribution in [0.4, 0.5) is 5.69 Å². The van der Waals surface area contributed by atoms with Gasteiger partial charge in [-0.1, -0.05) is 17.7 Å². The normalized spacial score (nSPS) is 9.91. The predicted molar refractivity (Wildman–Crippen MR) is 84.3 cm³/mol. The fraction of sp³-hybridized carbons (Fsp3) is 0.188. The summed E-state index contributed by atoms with van der Waals surface area (Å²) >= 11 is 0. The predicted octanol–water partition coefficient (Wildman–Crippen LogP) is 1.57. The zero-order chi connectivity index (χ0) is 15.9. The molecule has 0 fully saturated rings. The molecule has 0 atom stereocenters. The van der Waals surface area contributed by atoms with Crippen LogP contribution in [-0.4, -0.2) is 23.3 Å². The molecule has 0 spiro atoms. The Morgan fingerprint density at radius 2 is 1.77 bits per heavy atom. The molecule has 0 unspecified atom stereocenters. The third-order valence-electron chi connectivity index (χ3n) is 3.08. The summed E-state index contributed by atoms with van der Waals surface area (Å²) in [4.78, 5) is 27.3. The van der Waals surface area contributed by atoms with Crippen LogP contribution in [0.2, 0.25) is 0 Å². The highest BCUT2D eigenvalue weighted by Crippen LogP contribution is 2.15. The van der Waals surface area contributed by atoms with E-state index in [-0.39, 0.29) is 18.4 Å². The topological polar surface area (TPSA) is 83.1 Å². The van der Waals surface area contributed by atoms with Gasteiger partial charge >= 0.3 is 0 Å². The fourth-order valence-electron chi connectivity index (χ4n) is 1.93. The largest absolute Gasteiger partial charge is 0.376 e. The van der Waals surface area contributed by atoms with E-state index in [1.807, 2.05) is 32.0 Å². The van der Waals surface area contributed by atoms with Crippen molar-refractivity contribution in [1.82, 2.24) is 15.8 Å². The number of aryl methyl sites for hydroxylation is 2. The summed E-state index contributed by atoms with van der Waals surface area (Å²) in [5, 5.41) is 3.03. The minimum Gasteiger partial charge on any atom is -0.376 e. The lowest BCUT2D eigenvalue weighted by Gasteiger charge is -2.11. The first-order valence-corrected chi connectivity index (χ1v) is 6.86. The first kappa shape index (κ1) is 15.5. The summed E-state index contributed by atoms with van der Waals surface area (Å²) in [7, 11) is 0. The van der Waals surface area contributed by atoms with E-state index in [9.17, 15) is 9.59 Å². The van der Waals surface area contributed by atoms with E-state index in [1.54, 1.807) is 12.1 Å². The van der Waals surface area contributed by atoms with Crippen LogP contribution >= 0.6 is 0 Å². The van der Waals surface area contributed by atoms with E-state index in [4.69, 9.17) is 0 Å². The number of benzene rings is 1. The van der Waals surface area contributed by atoms with Gasteiger partial charge in [0.2, 0.25) is 0 Å². The summed E-state index contributed by atoms with van der Waals surface area (Å²) in [6, 6.07) is 9.06. The summed E-state index contributed by atoms with van der Waals surface area (Å²) in [6.45, 7) is 4.05. The Kier molecular flexibility index (Phi) is 5.08. The number of aromatic nitrogens is 1. The Hall–Kier alpha value is -2.89. The van der Waals surface area contributed by atoms with E-state index in [0.717, 1.165) is 16.8 Å². The van der Waals surface area contributed by atoms with Crippen LogP contribution in [0.15, 0.2) is 42.7 Å². The summed E-state index contributed by atoms with van der Waals surface area (Å²) in [5.41, 5.74) is 8.26. The van der Waals surface area contributed by atoms with Gasteiger partial charge in [-0.2, -0.15) is 0 Å². The first-order chi connectivity index (χ1) is 10.6. The highest BCUT2D eigenvalue weighted by molar-refractivity contribution is 5.95. The maximum Gasteiger partial charge on any atom is 0.269 e. The molecule has 1 aromatic heterocycles. The molecule has 0 saturated heterocycles. The molecule has 0 radical (unpaired) electrons. The molecule has 2 aromatic rings. The second-order valence-corrected chi connectivity index (χ2v) is 4.91. The van der Waals surface area contributed by atoms with E-state index < -0.39 is 0 Å². The molecule has 114 valence electrons. The lowest BCUT2D eigenvalue weighted by molar-refractivity contribution is -0.120. The van der Waals surface area contributed by atoms with Crippen LogP contribution in [0.3, 0.4) is 0 Å². The Labute approximate surface area is 128 Å². The molecule has 2 rings (SSSR count). The molecule has 22 heavy (non-hydrogen) atoms. The van der Waals surface area contributed by atoms with E-state index in [1.165, 1.54) is 12.4 Å². The number of hydrazine groups is 1. The van der Waals surface area contributed by atoms with Gasteiger partial charge < -0.3 is 5.32 Å². The molecular formula is C16H18N4O2. The second-order valence-electron chi connectivity index (χ2n) is 4.91. The monoisotopic (exact) mass is 298 g/mol. The van der Waals surface area contributed by atoms with Crippen molar-refractivity contribution in [3.05, 3.63) is 59.4 Å². The van der Waals surface area contributed by atoms with Gasteiger partial charge in [0.25, 0.3) is 11.8 Å². The number of anilines is 1. The Bertz CT molecular complexity index is 671. The highest BCUT2D eigenvalue weighted by Gasteiger charge is 2.07. The van der Waals surface area contributed by atoms with Crippen LogP contribution in [-0.2, 0) is 4.79 Å². The number of amides is 2. The molecular weight excluding hydrogens is 280 g/mol. The summed E-state index contributed by atoms with van der Waals surface area (Å²) in [6.07, 6.45) is 3.02. The molecule has 6 nitrogen and oxygen atoms in total. The highest BCUT2D eigenvalue weighted by atomic mass is 16.2. The average molecular weight is 298 g/mol. The van der Waals surface area contributed by atoms with Gasteiger partial charge in [-0.25, -0.2) is 0 Å². The van der Waals surface area contributed by atoms with Gasteiger partial charge in [0.1, 0.15) is 0 Å². The van der Waals surface area contributed by atoms with E-state index >= 15 is 0 Å². The number of nitrogens with zero attached hydrogens (tertiary/aromatic N) is 1. The van der Waals surface area contributed by atoms with Crippen LogP contribution in [0.1, 0.15) is 21.5 Å². The summed E-state index contributed by atoms with van der Waals surface area (Å²) in [5.74, 6) is -0.718. The lowest BCUT2D eigenvalue weighted by Crippen LogP contribution is -2.44. The lowest BCUT2D eigenvalue weighted by atomic mass is 10.1. The van der Waals surface area contributed by atoms with Crippen molar-refractivity contribution >= 4 is 17.5 Å². The quantitative estimate of drug-likeness (QED) is 0.748. The maximum absolute atomic E-state index is 11.7. The average Bonchev–Trinajstić information content (AvgIpc) is 2.52. The van der Waals surface area contributed by atoms with Crippen molar-refractivity contribution in [2.75, 3.05) is 11.9 Å². The number of carbonyl (C=O) groups is 2. The molecule has 0 aliphatic carbocycles. The van der Waals surface area contributed by atoms with Gasteiger partial charge in [-0.3, -0.25) is 25.4 Å². The van der Waals surface area contributed by atoms with Crippen molar-refractivity contribution in [2.24, 2.45) is 0 Å². The molecule has 0 aliphatic rings. The fourth-order valence-corrected chi connectivity index (χ4v) is 1.93. The molecule has 0 bridgehead atoms. The third-order valence-corrected chi connectivity index (χ3v) is 3.08. The number of nitrogens with one attached hydrogen (secondary N) is 3. The first-order valence-electron chi connectivity index (χ1n) is 6.86. The van der Waals surface area contributed by atoms with E-state index in [0.29, 0.717) is 5.56 Å². The second kappa shape index (κ2) is 7.21. The molecule has 1 aromatic carbocycles. The Balaban J connectivity index is 1.80. The number of pyridine rings is 1. The minimum absolute atomic E-state index is 0.0700. The smallest absolute Gasteiger partial charge is 0.269 e. The Morgan fingerprint density at radius 3 is 2.45 bits per heavy atom. The molecule has 0 aliphatic heterocycles. The van der Waals surface area contributed by atoms with Gasteiger partial charge in [0, 0.05) is 23.6 Å². The van der Waals surface area contributed by atoms with Crippen molar-refractivity contribution in [3.63, 3.8) is 0 Å². The van der Waals surface area contributed by atoms with Gasteiger partial charge in [-0.05, 0) is 37.6 Å². The summed E-state index contributed by atoms with van der Waals surface area (Å²) < 4.78 is 0. The van der Waals surface area contributed by atoms with Crippen LogP contribution in [0.5, 0.6) is 0 Å². The van der Waals surface area contributed by atoms with Gasteiger partial charge in [0.15, 0.2) is 0 Å². The zero-order valence-electron chi connectivity index (χ0n) is 12.5. The van der Waals surface area contributed by atoms with Crippen LogP contribution < -0.4 is 16.2 Å². The van der Waals surface area contributed by atoms with Gasteiger partial charge in [-0.15, -0.1) is 0 Å². The zero-order valence-corrected chi connectivity index (χ0v) is 12.5. The number of carbonyl (C=O) groups excluding carboxylic acids is 2. The molecule has 6 heteroatoms. The minimum atomic E-state index is -0.387. The standard InChI is InChI=1S/C16H18N4O2/c1-11-3-4-14(12(2)9-11)18-10-15(21)19-20-16(22)13-5-7-17-8-6-13/h3-9,18H,10H2,1-2H3,(H,19,21)(H,20,22). The SMILES string of the molecule is Cc1ccc(NCC(=O)NNC(=O)c2ccncc2)c(C)c1. The van der Waals surface area contributed by atoms with E-state index in [2.05, 4.69) is 21.2 Å². The van der Waals surface area contributed by atoms with Gasteiger partial charge in [0.05, 0.1) is 6.54 Å². The Morgan fingerprint density at radius 1 is 1.05 bits per heavy atom. The van der Waals surface area contributed by atoms with Crippen LogP contribution in [0, 0.1) is 13.8 Å². The van der Waals surface area contributed by atoms with Crippen molar-refractivity contribution < 1.29 is 9.59 Å². The van der Waals surface area contributed by atoms with Crippen molar-refractivity contribution in [1.29, 1.82) is 0 Å². The third kappa shape index (κ3) is 4.31. The maximum atomic E-state index is 11.7. The molecule has 3 N–H and O–H groups in total. The number of hydrogen-bond acceptors (Lipinski definition) is 4. The molecule has 0 saturated carbocycles. The van der Waals surface area contributed by atoms with Crippen molar-refractivity contribution in [3.8, 4) is 0 Å².